The van der Waals surface area contributed by atoms with E-state index in [0.717, 1.165) is 22.5 Å². The van der Waals surface area contributed by atoms with Gasteiger partial charge in [0.2, 0.25) is 0 Å². The van der Waals surface area contributed by atoms with Crippen LogP contribution in [-0.2, 0) is 32.2 Å². The molecule has 0 aliphatic carbocycles. The van der Waals surface area contributed by atoms with Gasteiger partial charge in [0.15, 0.2) is 6.61 Å². The van der Waals surface area contributed by atoms with E-state index in [-0.39, 0.29) is 11.5 Å². The van der Waals surface area contributed by atoms with Gasteiger partial charge < -0.3 is 18.9 Å². The molecule has 30 heavy (non-hydrogen) atoms. The minimum absolute atomic E-state index is 0.152. The number of likely N-dealkylation sites (N-methyl/N-ethyl adjacent to an activating group) is 1. The number of nitriles is 1. The highest BCUT2D eigenvalue weighted by Crippen LogP contribution is 2.18. The Kier molecular flexibility index (Phi) is 8.39. The number of aromatic nitrogens is 1. The fourth-order valence-corrected chi connectivity index (χ4v) is 3.05. The Morgan fingerprint density at radius 2 is 1.93 bits per heavy atom. The molecule has 0 atom stereocenters. The summed E-state index contributed by atoms with van der Waals surface area (Å²) in [5.74, 6) is -1.16. The van der Waals surface area contributed by atoms with Crippen molar-refractivity contribution in [3.63, 3.8) is 0 Å². The molecule has 1 aromatic carbocycles. The molecule has 1 heterocycles. The Labute approximate surface area is 177 Å². The summed E-state index contributed by atoms with van der Waals surface area (Å²) in [5.41, 5.74) is 3.49. The lowest BCUT2D eigenvalue weighted by Crippen LogP contribution is -2.31. The largest absolute Gasteiger partial charge is 0.451 e. The number of esters is 1. The van der Waals surface area contributed by atoms with Gasteiger partial charge in [0, 0.05) is 38.6 Å². The molecular formula is C23H27N3O4. The first kappa shape index (κ1) is 22.9. The van der Waals surface area contributed by atoms with Crippen molar-refractivity contribution < 1.29 is 19.1 Å². The Morgan fingerprint density at radius 1 is 1.23 bits per heavy atom. The molecule has 7 nitrogen and oxygen atoms in total. The zero-order valence-electron chi connectivity index (χ0n) is 17.8. The van der Waals surface area contributed by atoms with Crippen LogP contribution in [0, 0.1) is 25.2 Å². The minimum Gasteiger partial charge on any atom is -0.451 e. The van der Waals surface area contributed by atoms with Crippen molar-refractivity contribution in [3.8, 4) is 6.07 Å². The SMILES string of the molecule is COCCn1c(C)cc(/C=C(\C#N)C(=O)OCC(=O)N(C)Cc2ccccc2)c1C. The molecule has 2 rings (SSSR count). The topological polar surface area (TPSA) is 84.6 Å². The number of carbonyl (C=O) groups excluding carboxylic acids is 2. The molecule has 1 aromatic heterocycles. The maximum absolute atomic E-state index is 12.3. The van der Waals surface area contributed by atoms with Gasteiger partial charge in [-0.2, -0.15) is 5.26 Å². The van der Waals surface area contributed by atoms with Crippen LogP contribution >= 0.6 is 0 Å². The van der Waals surface area contributed by atoms with E-state index in [4.69, 9.17) is 9.47 Å². The molecule has 0 N–H and O–H groups in total. The summed E-state index contributed by atoms with van der Waals surface area (Å²) < 4.78 is 12.3. The summed E-state index contributed by atoms with van der Waals surface area (Å²) >= 11 is 0. The van der Waals surface area contributed by atoms with Crippen LogP contribution < -0.4 is 0 Å². The van der Waals surface area contributed by atoms with Crippen LogP contribution in [0.1, 0.15) is 22.5 Å². The fourth-order valence-electron chi connectivity index (χ4n) is 3.05. The molecule has 0 saturated carbocycles. The molecule has 2 aromatic rings. The van der Waals surface area contributed by atoms with Crippen LogP contribution in [0.4, 0.5) is 0 Å². The average Bonchev–Trinajstić information content (AvgIpc) is 3.01. The summed E-state index contributed by atoms with van der Waals surface area (Å²) in [4.78, 5) is 26.1. The number of hydrogen-bond acceptors (Lipinski definition) is 5. The summed E-state index contributed by atoms with van der Waals surface area (Å²) in [6.07, 6.45) is 1.49. The van der Waals surface area contributed by atoms with Crippen molar-refractivity contribution >= 4 is 18.0 Å². The molecule has 0 fully saturated rings. The second-order valence-electron chi connectivity index (χ2n) is 6.95. The van der Waals surface area contributed by atoms with Crippen LogP contribution in [0.2, 0.25) is 0 Å². The van der Waals surface area contributed by atoms with E-state index in [1.54, 1.807) is 14.2 Å². The Hall–Kier alpha value is -3.37. The molecule has 0 aliphatic rings. The number of methoxy groups -OCH3 is 1. The van der Waals surface area contributed by atoms with Crippen molar-refractivity contribution in [1.82, 2.24) is 9.47 Å². The Bertz CT molecular complexity index is 955. The van der Waals surface area contributed by atoms with E-state index in [1.165, 1.54) is 11.0 Å². The zero-order valence-corrected chi connectivity index (χ0v) is 17.8. The lowest BCUT2D eigenvalue weighted by atomic mass is 10.1. The highest BCUT2D eigenvalue weighted by molar-refractivity contribution is 5.99. The monoisotopic (exact) mass is 409 g/mol. The van der Waals surface area contributed by atoms with Gasteiger partial charge in [-0.05, 0) is 37.1 Å². The molecule has 7 heteroatoms. The fraction of sp³-hybridized carbons (Fsp3) is 0.348. The third-order valence-electron chi connectivity index (χ3n) is 4.79. The van der Waals surface area contributed by atoms with E-state index < -0.39 is 12.6 Å². The van der Waals surface area contributed by atoms with E-state index in [2.05, 4.69) is 4.57 Å². The van der Waals surface area contributed by atoms with Gasteiger partial charge in [-0.25, -0.2) is 4.79 Å². The normalized spacial score (nSPS) is 11.1. The van der Waals surface area contributed by atoms with Crippen molar-refractivity contribution in [2.45, 2.75) is 26.9 Å². The second-order valence-corrected chi connectivity index (χ2v) is 6.95. The number of nitrogens with zero attached hydrogens (tertiary/aromatic N) is 3. The molecule has 0 bridgehead atoms. The molecule has 0 aliphatic heterocycles. The number of aryl methyl sites for hydroxylation is 1. The maximum Gasteiger partial charge on any atom is 0.349 e. The first-order valence-corrected chi connectivity index (χ1v) is 9.59. The molecule has 0 spiro atoms. The van der Waals surface area contributed by atoms with Crippen LogP contribution in [0.3, 0.4) is 0 Å². The number of carbonyl (C=O) groups is 2. The van der Waals surface area contributed by atoms with Crippen LogP contribution in [0.15, 0.2) is 42.0 Å². The molecule has 0 saturated heterocycles. The lowest BCUT2D eigenvalue weighted by molar-refractivity contribution is -0.148. The summed E-state index contributed by atoms with van der Waals surface area (Å²) in [6, 6.07) is 13.3. The van der Waals surface area contributed by atoms with Crippen LogP contribution in [0.25, 0.3) is 6.08 Å². The highest BCUT2D eigenvalue weighted by Gasteiger charge is 2.17. The van der Waals surface area contributed by atoms with Crippen molar-refractivity contribution in [2.24, 2.45) is 0 Å². The van der Waals surface area contributed by atoms with Crippen LogP contribution in [-0.4, -0.2) is 48.7 Å². The Morgan fingerprint density at radius 3 is 2.57 bits per heavy atom. The van der Waals surface area contributed by atoms with Gasteiger partial charge in [0.05, 0.1) is 6.61 Å². The molecule has 0 unspecified atom stereocenters. The number of benzene rings is 1. The lowest BCUT2D eigenvalue weighted by Gasteiger charge is -2.17. The molecule has 158 valence electrons. The quantitative estimate of drug-likeness (QED) is 0.361. The highest BCUT2D eigenvalue weighted by atomic mass is 16.5. The van der Waals surface area contributed by atoms with E-state index in [9.17, 15) is 14.9 Å². The minimum atomic E-state index is -0.819. The Balaban J connectivity index is 2.01. The third kappa shape index (κ3) is 6.06. The number of amides is 1. The number of rotatable bonds is 9. The van der Waals surface area contributed by atoms with Gasteiger partial charge in [-0.15, -0.1) is 0 Å². The summed E-state index contributed by atoms with van der Waals surface area (Å²) in [7, 11) is 3.27. The first-order chi connectivity index (χ1) is 14.4. The van der Waals surface area contributed by atoms with Crippen molar-refractivity contribution in [1.29, 1.82) is 5.26 Å². The molecule has 1 amide bonds. The van der Waals surface area contributed by atoms with Crippen LogP contribution in [0.5, 0.6) is 0 Å². The molecular weight excluding hydrogens is 382 g/mol. The van der Waals surface area contributed by atoms with E-state index in [0.29, 0.717) is 19.7 Å². The zero-order chi connectivity index (χ0) is 22.1. The van der Waals surface area contributed by atoms with Crippen molar-refractivity contribution in [3.05, 3.63) is 64.5 Å². The van der Waals surface area contributed by atoms with Gasteiger partial charge in [-0.1, -0.05) is 30.3 Å². The van der Waals surface area contributed by atoms with E-state index >= 15 is 0 Å². The summed E-state index contributed by atoms with van der Waals surface area (Å²) in [5, 5.41) is 9.39. The van der Waals surface area contributed by atoms with Gasteiger partial charge in [0.25, 0.3) is 5.91 Å². The number of ether oxygens (including phenoxy) is 2. The smallest absolute Gasteiger partial charge is 0.349 e. The van der Waals surface area contributed by atoms with Crippen molar-refractivity contribution in [2.75, 3.05) is 27.4 Å². The van der Waals surface area contributed by atoms with Gasteiger partial charge in [0.1, 0.15) is 11.6 Å². The third-order valence-corrected chi connectivity index (χ3v) is 4.79. The standard InChI is InChI=1S/C23H27N3O4/c1-17-12-20(18(2)26(17)10-11-29-4)13-21(14-24)23(28)30-16-22(27)25(3)15-19-8-6-5-7-9-19/h5-9,12-13H,10-11,15-16H2,1-4H3/b21-13+. The average molecular weight is 409 g/mol. The summed E-state index contributed by atoms with van der Waals surface area (Å²) in [6.45, 7) is 5.09. The van der Waals surface area contributed by atoms with E-state index in [1.807, 2.05) is 56.3 Å². The van der Waals surface area contributed by atoms with Gasteiger partial charge in [-0.3, -0.25) is 4.79 Å². The van der Waals surface area contributed by atoms with Gasteiger partial charge >= 0.3 is 5.97 Å². The predicted molar refractivity (Wildman–Crippen MR) is 113 cm³/mol. The number of hydrogen-bond donors (Lipinski definition) is 0. The first-order valence-electron chi connectivity index (χ1n) is 9.59. The maximum atomic E-state index is 12.3. The molecule has 0 radical (unpaired) electrons. The predicted octanol–water partition coefficient (Wildman–Crippen LogP) is 2.86. The second kappa shape index (κ2) is 11.0.